The molecule has 116 valence electrons. The van der Waals surface area contributed by atoms with E-state index < -0.39 is 11.5 Å². The lowest BCUT2D eigenvalue weighted by atomic mass is 9.76. The number of amides is 2. The van der Waals surface area contributed by atoms with Crippen molar-refractivity contribution in [2.45, 2.75) is 57.5 Å². The molecule has 3 N–H and O–H groups in total. The van der Waals surface area contributed by atoms with Crippen LogP contribution in [-0.4, -0.2) is 40.7 Å². The van der Waals surface area contributed by atoms with Gasteiger partial charge in [0.15, 0.2) is 0 Å². The van der Waals surface area contributed by atoms with E-state index in [0.717, 1.165) is 25.0 Å². The van der Waals surface area contributed by atoms with Crippen molar-refractivity contribution in [3.05, 3.63) is 0 Å². The fraction of sp³-hybridized carbons (Fsp3) is 0.857. The fourth-order valence-corrected chi connectivity index (χ4v) is 3.54. The predicted molar refractivity (Wildman–Crippen MR) is 82.1 cm³/mol. The van der Waals surface area contributed by atoms with Crippen LogP contribution < -0.4 is 10.6 Å². The molecule has 0 saturated heterocycles. The highest BCUT2D eigenvalue weighted by atomic mass is 32.2. The van der Waals surface area contributed by atoms with E-state index in [-0.39, 0.29) is 12.1 Å². The van der Waals surface area contributed by atoms with Gasteiger partial charge in [-0.25, -0.2) is 9.59 Å². The topological polar surface area (TPSA) is 78.4 Å². The highest BCUT2D eigenvalue weighted by Gasteiger charge is 2.43. The summed E-state index contributed by atoms with van der Waals surface area (Å²) in [5, 5.41) is 15.1. The lowest BCUT2D eigenvalue weighted by Crippen LogP contribution is -2.60. The summed E-state index contributed by atoms with van der Waals surface area (Å²) in [4.78, 5) is 23.7. The summed E-state index contributed by atoms with van der Waals surface area (Å²) >= 11 is 1.67. The van der Waals surface area contributed by atoms with Crippen LogP contribution >= 0.6 is 11.8 Å². The molecule has 0 heterocycles. The third-order valence-corrected chi connectivity index (χ3v) is 4.69. The van der Waals surface area contributed by atoms with Crippen molar-refractivity contribution in [2.75, 3.05) is 12.0 Å². The molecule has 1 saturated carbocycles. The van der Waals surface area contributed by atoms with Gasteiger partial charge in [-0.2, -0.15) is 11.8 Å². The predicted octanol–water partition coefficient (Wildman–Crippen LogP) is 2.46. The minimum atomic E-state index is -1.10. The van der Waals surface area contributed by atoms with Crippen molar-refractivity contribution < 1.29 is 14.7 Å². The van der Waals surface area contributed by atoms with E-state index in [4.69, 9.17) is 0 Å². The number of hydrogen-bond acceptors (Lipinski definition) is 3. The molecular weight excluding hydrogens is 276 g/mol. The Morgan fingerprint density at radius 3 is 2.70 bits per heavy atom. The van der Waals surface area contributed by atoms with E-state index in [1.165, 1.54) is 0 Å². The highest BCUT2D eigenvalue weighted by molar-refractivity contribution is 7.98. The second-order valence-electron chi connectivity index (χ2n) is 5.75. The molecule has 0 aliphatic heterocycles. The molecule has 20 heavy (non-hydrogen) atoms. The zero-order chi connectivity index (χ0) is 15.2. The number of urea groups is 1. The highest BCUT2D eigenvalue weighted by Crippen LogP contribution is 2.32. The standard InChI is InChI=1S/C14H26N2O3S/c1-4-11(9-20-3)15-13(19)16-14(12(17)18)7-5-6-10(2)8-14/h10-11H,4-9H2,1-3H3,(H,17,18)(H2,15,16,19). The quantitative estimate of drug-likeness (QED) is 0.704. The number of nitrogens with one attached hydrogen (secondary N) is 2. The first-order valence-corrected chi connectivity index (χ1v) is 8.64. The van der Waals surface area contributed by atoms with Gasteiger partial charge in [0.05, 0.1) is 0 Å². The summed E-state index contributed by atoms with van der Waals surface area (Å²) in [6.07, 6.45) is 5.72. The van der Waals surface area contributed by atoms with Crippen molar-refractivity contribution in [3.8, 4) is 0 Å². The smallest absolute Gasteiger partial charge is 0.329 e. The van der Waals surface area contributed by atoms with Gasteiger partial charge in [0.1, 0.15) is 5.54 Å². The fourth-order valence-electron chi connectivity index (χ4n) is 2.81. The van der Waals surface area contributed by atoms with E-state index in [0.29, 0.717) is 18.8 Å². The Labute approximate surface area is 125 Å². The number of carboxylic acid groups (broad SMARTS) is 1. The van der Waals surface area contributed by atoms with E-state index >= 15 is 0 Å². The largest absolute Gasteiger partial charge is 0.480 e. The first-order valence-electron chi connectivity index (χ1n) is 7.24. The van der Waals surface area contributed by atoms with Gasteiger partial charge in [0.25, 0.3) is 0 Å². The van der Waals surface area contributed by atoms with Crippen LogP contribution in [0.4, 0.5) is 4.79 Å². The minimum Gasteiger partial charge on any atom is -0.480 e. The van der Waals surface area contributed by atoms with Crippen molar-refractivity contribution in [2.24, 2.45) is 5.92 Å². The molecule has 0 aromatic rings. The molecule has 1 rings (SSSR count). The summed E-state index contributed by atoms with van der Waals surface area (Å²) in [5.74, 6) is 0.242. The first-order chi connectivity index (χ1) is 9.43. The normalized spacial score (nSPS) is 27.6. The van der Waals surface area contributed by atoms with E-state index in [2.05, 4.69) is 10.6 Å². The molecule has 3 atom stereocenters. The van der Waals surface area contributed by atoms with Crippen molar-refractivity contribution >= 4 is 23.8 Å². The zero-order valence-electron chi connectivity index (χ0n) is 12.6. The lowest BCUT2D eigenvalue weighted by molar-refractivity contribution is -0.146. The average molecular weight is 302 g/mol. The summed E-state index contributed by atoms with van der Waals surface area (Å²) in [6.45, 7) is 4.05. The van der Waals surface area contributed by atoms with E-state index in [1.54, 1.807) is 11.8 Å². The van der Waals surface area contributed by atoms with Crippen molar-refractivity contribution in [3.63, 3.8) is 0 Å². The molecule has 0 radical (unpaired) electrons. The van der Waals surface area contributed by atoms with Crippen LogP contribution in [-0.2, 0) is 4.79 Å². The van der Waals surface area contributed by atoms with Gasteiger partial charge in [0.2, 0.25) is 0 Å². The summed E-state index contributed by atoms with van der Waals surface area (Å²) in [6, 6.07) is -0.278. The molecular formula is C14H26N2O3S. The van der Waals surface area contributed by atoms with Gasteiger partial charge < -0.3 is 15.7 Å². The Balaban J connectivity index is 2.66. The van der Waals surface area contributed by atoms with Crippen LogP contribution in [0.25, 0.3) is 0 Å². The Morgan fingerprint density at radius 1 is 1.50 bits per heavy atom. The second-order valence-corrected chi connectivity index (χ2v) is 6.66. The Kier molecular flexibility index (Phi) is 6.65. The van der Waals surface area contributed by atoms with Crippen LogP contribution in [0.5, 0.6) is 0 Å². The van der Waals surface area contributed by atoms with Gasteiger partial charge in [-0.3, -0.25) is 0 Å². The molecule has 5 nitrogen and oxygen atoms in total. The molecule has 6 heteroatoms. The Hall–Kier alpha value is -0.910. The first kappa shape index (κ1) is 17.1. The van der Waals surface area contributed by atoms with Crippen molar-refractivity contribution in [1.82, 2.24) is 10.6 Å². The maximum Gasteiger partial charge on any atom is 0.329 e. The maximum absolute atomic E-state index is 12.1. The van der Waals surface area contributed by atoms with Crippen LogP contribution in [0.15, 0.2) is 0 Å². The minimum absolute atomic E-state index is 0.0804. The molecule has 0 aromatic carbocycles. The zero-order valence-corrected chi connectivity index (χ0v) is 13.4. The number of aliphatic carboxylic acids is 1. The monoisotopic (exact) mass is 302 g/mol. The number of carboxylic acids is 1. The maximum atomic E-state index is 12.1. The van der Waals surface area contributed by atoms with E-state index in [9.17, 15) is 14.7 Å². The van der Waals surface area contributed by atoms with Crippen LogP contribution in [0.2, 0.25) is 0 Å². The number of thioether (sulfide) groups is 1. The molecule has 1 aliphatic carbocycles. The third kappa shape index (κ3) is 4.58. The Morgan fingerprint density at radius 2 is 2.20 bits per heavy atom. The third-order valence-electron chi connectivity index (χ3n) is 3.96. The number of carbonyl (C=O) groups is 2. The average Bonchev–Trinajstić information content (AvgIpc) is 2.37. The SMILES string of the molecule is CCC(CSC)NC(=O)NC1(C(=O)O)CCCC(C)C1. The molecule has 0 bridgehead atoms. The molecule has 1 fully saturated rings. The van der Waals surface area contributed by atoms with Gasteiger partial charge in [-0.15, -0.1) is 0 Å². The molecule has 3 unspecified atom stereocenters. The second kappa shape index (κ2) is 7.76. The van der Waals surface area contributed by atoms with Crippen LogP contribution in [0, 0.1) is 5.92 Å². The summed E-state index contributed by atoms with van der Waals surface area (Å²) in [7, 11) is 0. The summed E-state index contributed by atoms with van der Waals surface area (Å²) in [5.41, 5.74) is -1.10. The van der Waals surface area contributed by atoms with Gasteiger partial charge in [0, 0.05) is 11.8 Å². The van der Waals surface area contributed by atoms with Crippen LogP contribution in [0.3, 0.4) is 0 Å². The summed E-state index contributed by atoms with van der Waals surface area (Å²) < 4.78 is 0. The lowest BCUT2D eigenvalue weighted by Gasteiger charge is -2.37. The van der Waals surface area contributed by atoms with Gasteiger partial charge in [-0.05, 0) is 31.4 Å². The number of hydrogen-bond donors (Lipinski definition) is 3. The van der Waals surface area contributed by atoms with Crippen molar-refractivity contribution in [1.29, 1.82) is 0 Å². The molecule has 0 aromatic heterocycles. The molecule has 2 amide bonds. The Bertz CT molecular complexity index is 351. The molecule has 0 spiro atoms. The van der Waals surface area contributed by atoms with Gasteiger partial charge in [-0.1, -0.05) is 26.7 Å². The van der Waals surface area contributed by atoms with E-state index in [1.807, 2.05) is 20.1 Å². The number of rotatable bonds is 6. The number of carbonyl (C=O) groups excluding carboxylic acids is 1. The molecule has 1 aliphatic rings. The van der Waals surface area contributed by atoms with Crippen LogP contribution in [0.1, 0.15) is 46.0 Å². The van der Waals surface area contributed by atoms with Gasteiger partial charge >= 0.3 is 12.0 Å².